The van der Waals surface area contributed by atoms with E-state index in [1.165, 1.54) is 14.0 Å². The quantitative estimate of drug-likeness (QED) is 0.0378. The monoisotopic (exact) mass is 1200 g/mol. The molecule has 0 aromatic rings. The smallest absolute Gasteiger partial charge is 0.397 e. The van der Waals surface area contributed by atoms with Crippen molar-refractivity contribution < 1.29 is 130 Å². The standard InChI is InChI=1S/C54H86O27S/c1-22-39(76-45-38(64)41(33(59)26(20-56)74-45)77-44-37(63)40(70-9)32(58)25(19-55)73-44)35(61)36(62)43(72-22)78-42-34(60)27(81-82(67,68)69)21-71-46(42)75-30-13-15-50(6)24-18-29(57)54-47(65)80-52(8,31-12-14-48(2,3)79-31)53(54,66)17-16-51(54,7)23(24)10-11-28(50)49(30,4)5/h18,22-23,25-46,55-64,66H,10-17,19-21H2,1-9H3,(H,67,68,69)/t22?,23-,25?,26?,27-,28?,29?,30+,31+,32-,33-,34?,35?,36?,37?,38?,39-,40?,41?,42?,43+,44+,45+,46+,50-,51+,52+,53+,54?/m1/s1. The molecular weight excluding hydrogens is 1110 g/mol. The van der Waals surface area contributed by atoms with Gasteiger partial charge in [0.1, 0.15) is 103 Å². The Morgan fingerprint density at radius 2 is 1.26 bits per heavy atom. The minimum Gasteiger partial charge on any atom is -0.453 e. The maximum absolute atomic E-state index is 14.7. The van der Waals surface area contributed by atoms with Gasteiger partial charge in [0, 0.05) is 7.11 Å². The fourth-order valence-electron chi connectivity index (χ4n) is 17.0. The van der Waals surface area contributed by atoms with Crippen molar-refractivity contribution in [3.63, 3.8) is 0 Å². The highest BCUT2D eigenvalue weighted by Crippen LogP contribution is 2.77. The van der Waals surface area contributed by atoms with Gasteiger partial charge in [0.15, 0.2) is 30.8 Å². The number of ether oxygens (including phenoxy) is 11. The zero-order valence-electron chi connectivity index (χ0n) is 47.6. The number of methoxy groups -OCH3 is 1. The molecule has 6 aliphatic heterocycles. The molecule has 10 rings (SSSR count). The molecule has 3 saturated carbocycles. The van der Waals surface area contributed by atoms with Crippen LogP contribution in [0.2, 0.25) is 0 Å². The molecule has 4 aliphatic carbocycles. The predicted molar refractivity (Wildman–Crippen MR) is 273 cm³/mol. The number of hydrogen-bond acceptors (Lipinski definition) is 26. The van der Waals surface area contributed by atoms with Gasteiger partial charge < -0.3 is 108 Å². The van der Waals surface area contributed by atoms with Crippen molar-refractivity contribution in [1.29, 1.82) is 0 Å². The summed E-state index contributed by atoms with van der Waals surface area (Å²) in [5.41, 5.74) is -6.49. The van der Waals surface area contributed by atoms with Crippen LogP contribution in [0.4, 0.5) is 0 Å². The summed E-state index contributed by atoms with van der Waals surface area (Å²) in [6.45, 7) is 13.1. The molecule has 29 atom stereocenters. The van der Waals surface area contributed by atoms with Crippen LogP contribution in [0, 0.1) is 33.5 Å². The Morgan fingerprint density at radius 3 is 1.85 bits per heavy atom. The number of aliphatic hydroxyl groups excluding tert-OH is 10. The van der Waals surface area contributed by atoms with Gasteiger partial charge in [-0.3, -0.25) is 9.35 Å². The molecule has 6 heterocycles. The minimum absolute atomic E-state index is 0.131. The van der Waals surface area contributed by atoms with Crippen LogP contribution in [0.3, 0.4) is 0 Å². The van der Waals surface area contributed by atoms with Crippen LogP contribution in [-0.2, 0) is 71.5 Å². The zero-order valence-corrected chi connectivity index (χ0v) is 48.4. The van der Waals surface area contributed by atoms with Crippen molar-refractivity contribution >= 4 is 16.4 Å². The average Bonchev–Trinajstić information content (AvgIpc) is 1.46. The molecule has 0 aromatic heterocycles. The molecule has 12 N–H and O–H groups in total. The summed E-state index contributed by atoms with van der Waals surface area (Å²) in [7, 11) is -4.02. The third-order valence-corrected chi connectivity index (χ3v) is 21.9. The number of carbonyl (C=O) groups excluding carboxylic acids is 1. The summed E-state index contributed by atoms with van der Waals surface area (Å²) >= 11 is 0. The summed E-state index contributed by atoms with van der Waals surface area (Å²) in [5, 5.41) is 125. The van der Waals surface area contributed by atoms with Gasteiger partial charge in [-0.15, -0.1) is 0 Å². The molecule has 470 valence electrons. The van der Waals surface area contributed by atoms with Crippen LogP contribution < -0.4 is 0 Å². The highest BCUT2D eigenvalue weighted by Gasteiger charge is 2.87. The van der Waals surface area contributed by atoms with E-state index >= 15 is 0 Å². The Hall–Kier alpha value is -1.76. The van der Waals surface area contributed by atoms with Gasteiger partial charge in [-0.25, -0.2) is 4.18 Å². The Balaban J connectivity index is 0.852. The number of hydrogen-bond donors (Lipinski definition) is 12. The lowest BCUT2D eigenvalue weighted by Gasteiger charge is -2.64. The summed E-state index contributed by atoms with van der Waals surface area (Å²) in [4.78, 5) is 14.7. The first kappa shape index (κ1) is 63.3. The lowest BCUT2D eigenvalue weighted by Crippen LogP contribution is -2.69. The van der Waals surface area contributed by atoms with E-state index in [0.717, 1.165) is 5.57 Å². The van der Waals surface area contributed by atoms with Crippen LogP contribution in [0.15, 0.2) is 11.6 Å². The fraction of sp³-hybridized carbons (Fsp3) is 0.944. The molecule has 1 spiro atoms. The van der Waals surface area contributed by atoms with Gasteiger partial charge in [-0.1, -0.05) is 39.3 Å². The molecule has 10 aliphatic rings. The van der Waals surface area contributed by atoms with E-state index in [1.54, 1.807) is 13.0 Å². The summed E-state index contributed by atoms with van der Waals surface area (Å²) in [6.07, 6.45) is -29.1. The SMILES string of the molecule is COC1C(O)[C@H](OC2C(O)[C@H](O[C@@H]3C(C)O[C@@H](OC4C(O)[C@H](OS(=O)(=O)O)CO[C@H]4O[C@H]4CC[C@]5(C)C6=CC(O)C78C(=O)O[C@@](C)([C@@H]9CCC(C)(C)O9)[C@@]7(O)CC[C@@]8(C)[C@@H]6CCC5C4(C)C)C(O)C3O)OC(CO)[C@H]2O)OC(CO)[C@H]1O. The third kappa shape index (κ3) is 9.71. The lowest BCUT2D eigenvalue weighted by atomic mass is 9.40. The summed E-state index contributed by atoms with van der Waals surface area (Å²) < 4.78 is 104. The summed E-state index contributed by atoms with van der Waals surface area (Å²) in [6, 6.07) is 0. The number of cyclic esters (lactones) is 1. The van der Waals surface area contributed by atoms with Gasteiger partial charge >= 0.3 is 16.4 Å². The summed E-state index contributed by atoms with van der Waals surface area (Å²) in [5.74, 6) is -0.972. The van der Waals surface area contributed by atoms with Crippen LogP contribution in [0.1, 0.15) is 107 Å². The molecule has 6 saturated heterocycles. The second-order valence-corrected chi connectivity index (χ2v) is 27.5. The van der Waals surface area contributed by atoms with E-state index in [9.17, 15) is 73.9 Å². The van der Waals surface area contributed by atoms with Crippen LogP contribution in [0.25, 0.3) is 0 Å². The Kier molecular flexibility index (Phi) is 17.0. The number of carbonyl (C=O) groups is 1. The largest absolute Gasteiger partial charge is 0.453 e. The van der Waals surface area contributed by atoms with Gasteiger partial charge in [0.25, 0.3) is 0 Å². The number of aliphatic hydroxyl groups is 11. The Labute approximate surface area is 475 Å². The van der Waals surface area contributed by atoms with Crippen molar-refractivity contribution in [2.24, 2.45) is 33.5 Å². The number of rotatable bonds is 14. The van der Waals surface area contributed by atoms with Crippen LogP contribution >= 0.6 is 0 Å². The zero-order chi connectivity index (χ0) is 60.0. The lowest BCUT2D eigenvalue weighted by molar-refractivity contribution is -0.389. The molecule has 14 unspecified atom stereocenters. The topological polar surface area (TPSA) is 405 Å². The number of esters is 1. The molecule has 27 nitrogen and oxygen atoms in total. The van der Waals surface area contributed by atoms with E-state index in [-0.39, 0.29) is 18.3 Å². The molecule has 0 radical (unpaired) electrons. The first-order valence-electron chi connectivity index (χ1n) is 28.6. The van der Waals surface area contributed by atoms with Crippen molar-refractivity contribution in [2.75, 3.05) is 26.9 Å². The highest BCUT2D eigenvalue weighted by atomic mass is 32.3. The normalized spacial score (nSPS) is 53.6. The van der Waals surface area contributed by atoms with Gasteiger partial charge in [-0.2, -0.15) is 8.42 Å². The maximum Gasteiger partial charge on any atom is 0.397 e. The Bertz CT molecular complexity index is 2490. The van der Waals surface area contributed by atoms with Gasteiger partial charge in [0.2, 0.25) is 0 Å². The van der Waals surface area contributed by atoms with Crippen molar-refractivity contribution in [3.8, 4) is 0 Å². The highest BCUT2D eigenvalue weighted by molar-refractivity contribution is 7.80. The molecule has 28 heteroatoms. The minimum atomic E-state index is -5.19. The van der Waals surface area contributed by atoms with E-state index in [0.29, 0.717) is 44.9 Å². The molecule has 0 amide bonds. The Morgan fingerprint density at radius 1 is 0.659 bits per heavy atom. The average molecular weight is 1200 g/mol. The fourth-order valence-corrected chi connectivity index (χ4v) is 17.5. The van der Waals surface area contributed by atoms with Crippen molar-refractivity contribution in [3.05, 3.63) is 11.6 Å². The molecule has 0 aromatic carbocycles. The second-order valence-electron chi connectivity index (χ2n) is 26.5. The molecular formula is C54H86O27S. The first-order valence-corrected chi connectivity index (χ1v) is 30.0. The van der Waals surface area contributed by atoms with Crippen LogP contribution in [-0.4, -0.2) is 254 Å². The van der Waals surface area contributed by atoms with Crippen LogP contribution in [0.5, 0.6) is 0 Å². The van der Waals surface area contributed by atoms with Crippen molar-refractivity contribution in [2.45, 2.75) is 259 Å². The molecule has 82 heavy (non-hydrogen) atoms. The van der Waals surface area contributed by atoms with E-state index in [1.807, 2.05) is 34.6 Å². The molecule has 9 fully saturated rings. The third-order valence-electron chi connectivity index (χ3n) is 21.4. The van der Waals surface area contributed by atoms with E-state index < -0.39 is 210 Å². The van der Waals surface area contributed by atoms with Gasteiger partial charge in [0.05, 0.1) is 43.7 Å². The molecule has 0 bridgehead atoms. The number of fused-ring (bicyclic) bond motifs is 4. The van der Waals surface area contributed by atoms with E-state index in [2.05, 4.69) is 6.92 Å². The number of allylic oxidation sites excluding steroid dienone is 1. The van der Waals surface area contributed by atoms with Crippen molar-refractivity contribution in [1.82, 2.24) is 0 Å². The second kappa shape index (κ2) is 22.1. The first-order chi connectivity index (χ1) is 38.2. The predicted octanol–water partition coefficient (Wildman–Crippen LogP) is -2.26. The van der Waals surface area contributed by atoms with E-state index in [4.69, 9.17) is 56.3 Å². The maximum atomic E-state index is 14.7. The van der Waals surface area contributed by atoms with Gasteiger partial charge in [-0.05, 0) is 107 Å².